The van der Waals surface area contributed by atoms with Crippen LogP contribution < -0.4 is 10.1 Å². The number of carbonyl (C=O) groups excluding carboxylic acids is 1. The summed E-state index contributed by atoms with van der Waals surface area (Å²) in [5.74, 6) is -0.518. The fourth-order valence-electron chi connectivity index (χ4n) is 2.77. The van der Waals surface area contributed by atoms with Gasteiger partial charge in [0.1, 0.15) is 21.7 Å². The van der Waals surface area contributed by atoms with Crippen LogP contribution in [0, 0.1) is 17.0 Å². The number of nitro groups is 1. The number of aromatic nitrogens is 3. The van der Waals surface area contributed by atoms with E-state index in [1.165, 1.54) is 10.9 Å². The Kier molecular flexibility index (Phi) is 4.43. The van der Waals surface area contributed by atoms with Crippen LogP contribution in [0.1, 0.15) is 16.1 Å². The summed E-state index contributed by atoms with van der Waals surface area (Å²) in [4.78, 5) is 23.8. The molecule has 0 bridgehead atoms. The van der Waals surface area contributed by atoms with Crippen LogP contribution in [0.25, 0.3) is 16.7 Å². The molecular formula is C19H15N5O5. The molecule has 10 nitrogen and oxygen atoms in total. The van der Waals surface area contributed by atoms with Crippen molar-refractivity contribution in [3.05, 3.63) is 70.0 Å². The third-order valence-corrected chi connectivity index (χ3v) is 4.27. The predicted octanol–water partition coefficient (Wildman–Crippen LogP) is 3.49. The van der Waals surface area contributed by atoms with E-state index in [2.05, 4.69) is 15.5 Å². The second-order valence-corrected chi connectivity index (χ2v) is 6.19. The van der Waals surface area contributed by atoms with Gasteiger partial charge in [0.15, 0.2) is 5.76 Å². The van der Waals surface area contributed by atoms with Gasteiger partial charge in [0.05, 0.1) is 18.9 Å². The molecule has 0 radical (unpaired) electrons. The van der Waals surface area contributed by atoms with E-state index < -0.39 is 16.7 Å². The van der Waals surface area contributed by atoms with Gasteiger partial charge >= 0.3 is 5.88 Å². The lowest BCUT2D eigenvalue weighted by Gasteiger charge is -2.06. The van der Waals surface area contributed by atoms with E-state index in [0.717, 1.165) is 23.1 Å². The number of anilines is 1. The zero-order chi connectivity index (χ0) is 20.5. The van der Waals surface area contributed by atoms with Gasteiger partial charge in [-0.3, -0.25) is 14.9 Å². The maximum Gasteiger partial charge on any atom is 0.433 e. The number of nitrogens with one attached hydrogen (secondary N) is 1. The Labute approximate surface area is 163 Å². The highest BCUT2D eigenvalue weighted by atomic mass is 16.6. The number of nitrogens with zero attached hydrogens (tertiary/aromatic N) is 4. The van der Waals surface area contributed by atoms with Crippen molar-refractivity contribution < 1.29 is 18.9 Å². The molecule has 0 spiro atoms. The molecule has 2 heterocycles. The van der Waals surface area contributed by atoms with Crippen molar-refractivity contribution in [2.75, 3.05) is 12.4 Å². The molecule has 0 atom stereocenters. The molecule has 0 saturated carbocycles. The third kappa shape index (κ3) is 3.50. The minimum absolute atomic E-state index is 0.155. The molecule has 1 amide bonds. The fourth-order valence-corrected chi connectivity index (χ4v) is 2.77. The monoisotopic (exact) mass is 393 g/mol. The van der Waals surface area contributed by atoms with Crippen molar-refractivity contribution in [2.24, 2.45) is 0 Å². The van der Waals surface area contributed by atoms with Gasteiger partial charge in [0, 0.05) is 5.69 Å². The number of amides is 1. The van der Waals surface area contributed by atoms with Gasteiger partial charge in [-0.2, -0.15) is 4.80 Å². The van der Waals surface area contributed by atoms with Crippen LogP contribution in [0.2, 0.25) is 0 Å². The molecule has 0 saturated heterocycles. The van der Waals surface area contributed by atoms with Gasteiger partial charge in [0.25, 0.3) is 5.91 Å². The zero-order valence-electron chi connectivity index (χ0n) is 15.4. The van der Waals surface area contributed by atoms with Crippen LogP contribution in [0.4, 0.5) is 11.6 Å². The summed E-state index contributed by atoms with van der Waals surface area (Å²) >= 11 is 0. The largest absolute Gasteiger partial charge is 0.497 e. The number of hydrogen-bond acceptors (Lipinski definition) is 7. The van der Waals surface area contributed by atoms with E-state index in [-0.39, 0.29) is 5.76 Å². The summed E-state index contributed by atoms with van der Waals surface area (Å²) in [6, 6.07) is 13.1. The number of furan rings is 1. The van der Waals surface area contributed by atoms with Crippen molar-refractivity contribution in [2.45, 2.75) is 6.92 Å². The molecule has 10 heteroatoms. The van der Waals surface area contributed by atoms with Gasteiger partial charge in [-0.15, -0.1) is 10.2 Å². The molecule has 29 heavy (non-hydrogen) atoms. The van der Waals surface area contributed by atoms with Crippen LogP contribution in [0.5, 0.6) is 5.75 Å². The average Bonchev–Trinajstić information content (AvgIpc) is 3.35. The van der Waals surface area contributed by atoms with Crippen molar-refractivity contribution in [3.8, 4) is 11.4 Å². The van der Waals surface area contributed by atoms with Gasteiger partial charge in [-0.1, -0.05) is 0 Å². The third-order valence-electron chi connectivity index (χ3n) is 4.27. The fraction of sp³-hybridized carbons (Fsp3) is 0.105. The van der Waals surface area contributed by atoms with E-state index in [1.807, 2.05) is 31.2 Å². The number of benzene rings is 2. The van der Waals surface area contributed by atoms with E-state index in [1.54, 1.807) is 19.2 Å². The number of carbonyl (C=O) groups is 1. The topological polar surface area (TPSA) is 125 Å². The van der Waals surface area contributed by atoms with Crippen LogP contribution in [0.3, 0.4) is 0 Å². The lowest BCUT2D eigenvalue weighted by atomic mass is 10.1. The first-order valence-electron chi connectivity index (χ1n) is 8.52. The summed E-state index contributed by atoms with van der Waals surface area (Å²) in [5.41, 5.74) is 3.25. The molecule has 0 unspecified atom stereocenters. The molecular weight excluding hydrogens is 378 g/mol. The zero-order valence-corrected chi connectivity index (χ0v) is 15.4. The minimum atomic E-state index is -0.703. The van der Waals surface area contributed by atoms with Crippen molar-refractivity contribution in [1.29, 1.82) is 0 Å². The molecule has 0 aliphatic rings. The summed E-state index contributed by atoms with van der Waals surface area (Å²) < 4.78 is 10.1. The summed E-state index contributed by atoms with van der Waals surface area (Å²) in [6.45, 7) is 1.81. The minimum Gasteiger partial charge on any atom is -0.497 e. The first kappa shape index (κ1) is 18.2. The Hall–Kier alpha value is -4.21. The second kappa shape index (κ2) is 7.08. The lowest BCUT2D eigenvalue weighted by molar-refractivity contribution is -0.402. The number of ether oxygens (including phenoxy) is 1. The van der Waals surface area contributed by atoms with Gasteiger partial charge in [-0.25, -0.2) is 0 Å². The van der Waals surface area contributed by atoms with Crippen LogP contribution in [-0.2, 0) is 0 Å². The lowest BCUT2D eigenvalue weighted by Crippen LogP contribution is -2.11. The number of aryl methyl sites for hydroxylation is 1. The van der Waals surface area contributed by atoms with Gasteiger partial charge < -0.3 is 14.5 Å². The summed E-state index contributed by atoms with van der Waals surface area (Å²) in [5, 5.41) is 22.3. The second-order valence-electron chi connectivity index (χ2n) is 6.19. The highest BCUT2D eigenvalue weighted by Gasteiger charge is 2.18. The highest BCUT2D eigenvalue weighted by Crippen LogP contribution is 2.24. The standard InChI is InChI=1S/C19H15N5O5/c1-11-9-15-16(22-23(21-15)12-3-5-13(28-2)6-4-12)10-14(11)20-19(25)17-7-8-18(29-17)24(26)27/h3-10H,1-2H3,(H,20,25). The Morgan fingerprint density at radius 2 is 1.83 bits per heavy atom. The van der Waals surface area contributed by atoms with Crippen LogP contribution >= 0.6 is 0 Å². The molecule has 2 aromatic carbocycles. The van der Waals surface area contributed by atoms with E-state index in [9.17, 15) is 14.9 Å². The maximum absolute atomic E-state index is 12.3. The van der Waals surface area contributed by atoms with Gasteiger partial charge in [0.2, 0.25) is 0 Å². The SMILES string of the molecule is COc1ccc(-n2nc3cc(C)c(NC(=O)c4ccc([N+](=O)[O-])o4)cc3n2)cc1. The van der Waals surface area contributed by atoms with E-state index in [4.69, 9.17) is 9.15 Å². The molecule has 4 aromatic rings. The quantitative estimate of drug-likeness (QED) is 0.406. The number of hydrogen-bond donors (Lipinski definition) is 1. The molecule has 146 valence electrons. The van der Waals surface area contributed by atoms with E-state index in [0.29, 0.717) is 16.7 Å². The molecule has 0 aliphatic carbocycles. The van der Waals surface area contributed by atoms with Crippen LogP contribution in [-0.4, -0.2) is 32.9 Å². The average molecular weight is 393 g/mol. The van der Waals surface area contributed by atoms with Crippen molar-refractivity contribution >= 4 is 28.5 Å². The summed E-state index contributed by atoms with van der Waals surface area (Å²) in [6.07, 6.45) is 0. The van der Waals surface area contributed by atoms with Gasteiger partial charge in [-0.05, 0) is 55.0 Å². The number of fused-ring (bicyclic) bond motifs is 1. The molecule has 0 aliphatic heterocycles. The number of rotatable bonds is 5. The number of methoxy groups -OCH3 is 1. The Morgan fingerprint density at radius 1 is 1.14 bits per heavy atom. The molecule has 1 N–H and O–H groups in total. The van der Waals surface area contributed by atoms with Crippen molar-refractivity contribution in [3.63, 3.8) is 0 Å². The highest BCUT2D eigenvalue weighted by molar-refractivity contribution is 6.03. The Bertz CT molecular complexity index is 1230. The first-order valence-corrected chi connectivity index (χ1v) is 8.52. The normalized spacial score (nSPS) is 10.8. The summed E-state index contributed by atoms with van der Waals surface area (Å²) in [7, 11) is 1.59. The smallest absolute Gasteiger partial charge is 0.433 e. The van der Waals surface area contributed by atoms with Crippen LogP contribution in [0.15, 0.2) is 52.9 Å². The molecule has 2 aromatic heterocycles. The van der Waals surface area contributed by atoms with Crippen molar-refractivity contribution in [1.82, 2.24) is 15.0 Å². The first-order chi connectivity index (χ1) is 13.9. The predicted molar refractivity (Wildman–Crippen MR) is 103 cm³/mol. The Balaban J connectivity index is 1.62. The Morgan fingerprint density at radius 3 is 2.45 bits per heavy atom. The maximum atomic E-state index is 12.3. The molecule has 0 fully saturated rings. The van der Waals surface area contributed by atoms with E-state index >= 15 is 0 Å². The molecule has 4 rings (SSSR count).